The normalized spacial score (nSPS) is 26.0. The van der Waals surface area contributed by atoms with Crippen LogP contribution < -0.4 is 4.90 Å². The van der Waals surface area contributed by atoms with Crippen molar-refractivity contribution in [3.63, 3.8) is 0 Å². The van der Waals surface area contributed by atoms with E-state index in [-0.39, 0.29) is 18.1 Å². The van der Waals surface area contributed by atoms with Gasteiger partial charge in [0, 0.05) is 37.4 Å². The monoisotopic (exact) mass is 410 g/mol. The van der Waals surface area contributed by atoms with Gasteiger partial charge in [-0.3, -0.25) is 9.80 Å². The number of benzene rings is 2. The van der Waals surface area contributed by atoms with Gasteiger partial charge < -0.3 is 14.4 Å². The standard InChI is InChI=1S/C23H27FN4O2/c24-19-6-8-20(9-7-19)28-21(18-4-2-1-3-5-18)25-22(26-10-14-29-15-11-26)23(28)27-12-16-30-17-13-27/h1-9,22-23H,10-17H2/t22-,23-/m0/s1. The first-order valence-corrected chi connectivity index (χ1v) is 10.6. The molecule has 0 bridgehead atoms. The minimum absolute atomic E-state index is 0.0210. The van der Waals surface area contributed by atoms with Crippen molar-refractivity contribution < 1.29 is 13.9 Å². The van der Waals surface area contributed by atoms with Crippen LogP contribution >= 0.6 is 0 Å². The lowest BCUT2D eigenvalue weighted by atomic mass is 10.1. The maximum atomic E-state index is 13.7. The maximum absolute atomic E-state index is 13.7. The first kappa shape index (κ1) is 19.6. The number of hydrogen-bond donors (Lipinski definition) is 0. The number of aliphatic imine (C=N–C) groups is 1. The Labute approximate surface area is 176 Å². The average Bonchev–Trinajstić information content (AvgIpc) is 3.22. The summed E-state index contributed by atoms with van der Waals surface area (Å²) in [5.74, 6) is 0.694. The van der Waals surface area contributed by atoms with Crippen molar-refractivity contribution in [1.29, 1.82) is 0 Å². The van der Waals surface area contributed by atoms with Crippen LogP contribution in [0.5, 0.6) is 0 Å². The molecule has 0 radical (unpaired) electrons. The molecule has 2 saturated heterocycles. The summed E-state index contributed by atoms with van der Waals surface area (Å²) in [6, 6.07) is 17.0. The summed E-state index contributed by atoms with van der Waals surface area (Å²) in [7, 11) is 0. The summed E-state index contributed by atoms with van der Waals surface area (Å²) >= 11 is 0. The highest BCUT2D eigenvalue weighted by Gasteiger charge is 2.44. The highest BCUT2D eigenvalue weighted by atomic mass is 19.1. The van der Waals surface area contributed by atoms with Gasteiger partial charge in [0.15, 0.2) is 0 Å². The molecule has 2 fully saturated rings. The van der Waals surface area contributed by atoms with E-state index in [0.717, 1.165) is 56.5 Å². The van der Waals surface area contributed by atoms with E-state index in [9.17, 15) is 4.39 Å². The molecule has 0 saturated carbocycles. The van der Waals surface area contributed by atoms with Gasteiger partial charge in [-0.2, -0.15) is 0 Å². The molecule has 2 atom stereocenters. The highest BCUT2D eigenvalue weighted by molar-refractivity contribution is 6.11. The maximum Gasteiger partial charge on any atom is 0.139 e. The van der Waals surface area contributed by atoms with Gasteiger partial charge in [0.2, 0.25) is 0 Å². The van der Waals surface area contributed by atoms with Crippen molar-refractivity contribution in [3.05, 3.63) is 66.0 Å². The Bertz CT molecular complexity index is 865. The summed E-state index contributed by atoms with van der Waals surface area (Å²) in [6.45, 7) is 6.27. The van der Waals surface area contributed by atoms with E-state index in [4.69, 9.17) is 14.5 Å². The van der Waals surface area contributed by atoms with Gasteiger partial charge in [-0.1, -0.05) is 30.3 Å². The summed E-state index contributed by atoms with van der Waals surface area (Å²) in [5.41, 5.74) is 2.02. The first-order chi connectivity index (χ1) is 14.8. The minimum atomic E-state index is -0.233. The predicted molar refractivity (Wildman–Crippen MR) is 114 cm³/mol. The van der Waals surface area contributed by atoms with Crippen molar-refractivity contribution in [2.45, 2.75) is 12.3 Å². The Morgan fingerprint density at radius 2 is 1.37 bits per heavy atom. The highest BCUT2D eigenvalue weighted by Crippen LogP contribution is 2.33. The van der Waals surface area contributed by atoms with E-state index in [2.05, 4.69) is 26.8 Å². The Balaban J connectivity index is 1.59. The van der Waals surface area contributed by atoms with Gasteiger partial charge >= 0.3 is 0 Å². The number of rotatable bonds is 4. The molecule has 158 valence electrons. The fraction of sp³-hybridized carbons (Fsp3) is 0.435. The molecule has 30 heavy (non-hydrogen) atoms. The number of ether oxygens (including phenoxy) is 2. The van der Waals surface area contributed by atoms with E-state index in [0.29, 0.717) is 13.2 Å². The van der Waals surface area contributed by atoms with Gasteiger partial charge in [0.25, 0.3) is 0 Å². The minimum Gasteiger partial charge on any atom is -0.379 e. The topological polar surface area (TPSA) is 40.5 Å². The number of nitrogens with zero attached hydrogens (tertiary/aromatic N) is 4. The second kappa shape index (κ2) is 8.81. The van der Waals surface area contributed by atoms with Crippen molar-refractivity contribution in [1.82, 2.24) is 9.80 Å². The fourth-order valence-corrected chi connectivity index (χ4v) is 4.50. The van der Waals surface area contributed by atoms with Crippen LogP contribution in [0.4, 0.5) is 10.1 Å². The first-order valence-electron chi connectivity index (χ1n) is 10.6. The lowest BCUT2D eigenvalue weighted by molar-refractivity contribution is -0.0273. The van der Waals surface area contributed by atoms with Crippen LogP contribution in [-0.4, -0.2) is 80.6 Å². The summed E-state index contributed by atoms with van der Waals surface area (Å²) in [6.07, 6.45) is -0.0000680. The number of halogens is 1. The molecule has 7 heteroatoms. The third-order valence-electron chi connectivity index (χ3n) is 5.99. The number of hydrogen-bond acceptors (Lipinski definition) is 6. The molecule has 0 aromatic heterocycles. The van der Waals surface area contributed by atoms with Crippen molar-refractivity contribution in [2.24, 2.45) is 4.99 Å². The molecule has 2 aromatic rings. The van der Waals surface area contributed by atoms with Crippen LogP contribution in [0.15, 0.2) is 59.6 Å². The van der Waals surface area contributed by atoms with Crippen molar-refractivity contribution in [2.75, 3.05) is 57.5 Å². The number of morpholine rings is 2. The molecule has 0 amide bonds. The number of anilines is 1. The Hall–Kier alpha value is -2.32. The number of amidine groups is 1. The zero-order valence-electron chi connectivity index (χ0n) is 17.0. The van der Waals surface area contributed by atoms with Crippen LogP contribution in [0.25, 0.3) is 0 Å². The average molecular weight is 410 g/mol. The zero-order valence-corrected chi connectivity index (χ0v) is 17.0. The SMILES string of the molecule is Fc1ccc(N2C(c3ccccc3)=N[C@@H](N3CCOCC3)[C@H]2N2CCOCC2)cc1. The summed E-state index contributed by atoms with van der Waals surface area (Å²) in [5, 5.41) is 0. The summed E-state index contributed by atoms with van der Waals surface area (Å²) < 4.78 is 24.9. The molecule has 0 spiro atoms. The van der Waals surface area contributed by atoms with Gasteiger partial charge in [0.05, 0.1) is 26.4 Å². The van der Waals surface area contributed by atoms with E-state index in [1.54, 1.807) is 0 Å². The van der Waals surface area contributed by atoms with E-state index in [1.165, 1.54) is 12.1 Å². The van der Waals surface area contributed by atoms with E-state index >= 15 is 0 Å². The molecule has 3 heterocycles. The van der Waals surface area contributed by atoms with Crippen molar-refractivity contribution in [3.8, 4) is 0 Å². The van der Waals surface area contributed by atoms with Crippen molar-refractivity contribution >= 4 is 11.5 Å². The van der Waals surface area contributed by atoms with Crippen LogP contribution in [0.3, 0.4) is 0 Å². The van der Waals surface area contributed by atoms with Gasteiger partial charge in [-0.15, -0.1) is 0 Å². The lowest BCUT2D eigenvalue weighted by Crippen LogP contribution is -2.60. The smallest absolute Gasteiger partial charge is 0.139 e. The quantitative estimate of drug-likeness (QED) is 0.774. The second-order valence-electron chi connectivity index (χ2n) is 7.79. The molecule has 5 rings (SSSR count). The fourth-order valence-electron chi connectivity index (χ4n) is 4.50. The van der Waals surface area contributed by atoms with E-state index in [1.807, 2.05) is 30.3 Å². The zero-order chi connectivity index (χ0) is 20.3. The van der Waals surface area contributed by atoms with E-state index < -0.39 is 0 Å². The largest absolute Gasteiger partial charge is 0.379 e. The van der Waals surface area contributed by atoms with Crippen LogP contribution in [0, 0.1) is 5.82 Å². The van der Waals surface area contributed by atoms with Gasteiger partial charge in [-0.05, 0) is 24.3 Å². The molecular weight excluding hydrogens is 383 g/mol. The van der Waals surface area contributed by atoms with Crippen LogP contribution in [-0.2, 0) is 9.47 Å². The Kier molecular flexibility index (Phi) is 5.77. The molecular formula is C23H27FN4O2. The third-order valence-corrected chi connectivity index (χ3v) is 5.99. The molecule has 0 aliphatic carbocycles. The van der Waals surface area contributed by atoms with Gasteiger partial charge in [0.1, 0.15) is 24.0 Å². The Morgan fingerprint density at radius 3 is 2.00 bits per heavy atom. The Morgan fingerprint density at radius 1 is 0.767 bits per heavy atom. The van der Waals surface area contributed by atoms with Crippen LogP contribution in [0.2, 0.25) is 0 Å². The van der Waals surface area contributed by atoms with Gasteiger partial charge in [-0.25, -0.2) is 9.38 Å². The molecule has 3 aliphatic heterocycles. The molecule has 2 aromatic carbocycles. The second-order valence-corrected chi connectivity index (χ2v) is 7.79. The lowest BCUT2D eigenvalue weighted by Gasteiger charge is -2.43. The molecule has 0 unspecified atom stereocenters. The van der Waals surface area contributed by atoms with Crippen LogP contribution in [0.1, 0.15) is 5.56 Å². The third kappa shape index (κ3) is 3.86. The molecule has 0 N–H and O–H groups in total. The molecule has 6 nitrogen and oxygen atoms in total. The molecule has 3 aliphatic rings. The predicted octanol–water partition coefficient (Wildman–Crippen LogP) is 2.41. The summed E-state index contributed by atoms with van der Waals surface area (Å²) in [4.78, 5) is 12.4.